The molecule has 0 amide bonds. The molecule has 0 saturated carbocycles. The molecule has 1 aliphatic rings. The topological polar surface area (TPSA) is 32.5 Å². The van der Waals surface area contributed by atoms with Crippen LogP contribution < -0.4 is 10.6 Å². The maximum Gasteiger partial charge on any atom is 0.124 e. The molecule has 104 valence electrons. The van der Waals surface area contributed by atoms with E-state index in [0.717, 1.165) is 31.6 Å². The van der Waals surface area contributed by atoms with E-state index in [9.17, 15) is 4.39 Å². The molecule has 1 aromatic rings. The number of nitrogens with two attached hydrogens (primary N) is 1. The Hall–Kier alpha value is -1.20. The fraction of sp³-hybridized carbons (Fsp3) is 0.500. The monoisotopic (exact) mass is 281 g/mol. The Kier molecular flexibility index (Phi) is 4.37. The summed E-state index contributed by atoms with van der Waals surface area (Å²) in [6.07, 6.45) is 2.29. The van der Waals surface area contributed by atoms with E-state index in [2.05, 4.69) is 23.9 Å². The van der Waals surface area contributed by atoms with Crippen molar-refractivity contribution >= 4 is 22.9 Å². The van der Waals surface area contributed by atoms with Gasteiger partial charge in [-0.2, -0.15) is 0 Å². The minimum Gasteiger partial charge on any atom is -0.389 e. The van der Waals surface area contributed by atoms with Gasteiger partial charge in [-0.15, -0.1) is 0 Å². The second-order valence-corrected chi connectivity index (χ2v) is 5.72. The Labute approximate surface area is 119 Å². The molecular weight excluding hydrogens is 261 g/mol. The molecule has 1 atom stereocenters. The lowest BCUT2D eigenvalue weighted by Gasteiger charge is -2.30. The van der Waals surface area contributed by atoms with Crippen LogP contribution in [0.5, 0.6) is 0 Å². The first-order chi connectivity index (χ1) is 8.99. The average Bonchev–Trinajstić information content (AvgIpc) is 2.76. The first-order valence-electron chi connectivity index (χ1n) is 6.50. The maximum absolute atomic E-state index is 13.4. The first-order valence-corrected chi connectivity index (χ1v) is 6.90. The summed E-state index contributed by atoms with van der Waals surface area (Å²) < 4.78 is 13.4. The van der Waals surface area contributed by atoms with Gasteiger partial charge in [0.1, 0.15) is 10.8 Å². The molecule has 1 aliphatic heterocycles. The zero-order chi connectivity index (χ0) is 14.0. The number of anilines is 1. The number of hydrogen-bond donors (Lipinski definition) is 1. The Morgan fingerprint density at radius 1 is 1.53 bits per heavy atom. The molecule has 5 heteroatoms. The Balaban J connectivity index is 2.32. The van der Waals surface area contributed by atoms with E-state index in [1.54, 1.807) is 6.07 Å². The molecule has 1 fully saturated rings. The van der Waals surface area contributed by atoms with Crippen molar-refractivity contribution in [2.75, 3.05) is 32.1 Å². The summed E-state index contributed by atoms with van der Waals surface area (Å²) in [7, 11) is 4.13. The molecule has 3 nitrogen and oxygen atoms in total. The van der Waals surface area contributed by atoms with Crippen molar-refractivity contribution in [3.05, 3.63) is 29.6 Å². The predicted molar refractivity (Wildman–Crippen MR) is 81.2 cm³/mol. The van der Waals surface area contributed by atoms with Gasteiger partial charge < -0.3 is 15.5 Å². The highest BCUT2D eigenvalue weighted by atomic mass is 32.1. The molecule has 1 aromatic carbocycles. The third-order valence-electron chi connectivity index (χ3n) is 3.49. The third kappa shape index (κ3) is 3.22. The minimum absolute atomic E-state index is 0.255. The number of rotatable bonds is 4. The quantitative estimate of drug-likeness (QED) is 0.856. The molecule has 0 bridgehead atoms. The van der Waals surface area contributed by atoms with E-state index < -0.39 is 0 Å². The third-order valence-corrected chi connectivity index (χ3v) is 3.71. The smallest absolute Gasteiger partial charge is 0.124 e. The van der Waals surface area contributed by atoms with Crippen molar-refractivity contribution in [3.63, 3.8) is 0 Å². The van der Waals surface area contributed by atoms with Crippen LogP contribution in [-0.2, 0) is 0 Å². The lowest BCUT2D eigenvalue weighted by Crippen LogP contribution is -2.38. The van der Waals surface area contributed by atoms with Gasteiger partial charge >= 0.3 is 0 Å². The molecular formula is C14H20FN3S. The highest BCUT2D eigenvalue weighted by Crippen LogP contribution is 2.29. The molecule has 0 spiro atoms. The summed E-state index contributed by atoms with van der Waals surface area (Å²) in [6.45, 7) is 1.95. The van der Waals surface area contributed by atoms with Crippen molar-refractivity contribution in [2.45, 2.75) is 18.9 Å². The number of hydrogen-bond acceptors (Lipinski definition) is 3. The van der Waals surface area contributed by atoms with Gasteiger partial charge in [0.2, 0.25) is 0 Å². The zero-order valence-corrected chi connectivity index (χ0v) is 12.2. The van der Waals surface area contributed by atoms with E-state index in [1.165, 1.54) is 12.1 Å². The van der Waals surface area contributed by atoms with E-state index in [4.69, 9.17) is 18.0 Å². The SMILES string of the molecule is CN(C)CC1CCCN1c1ccc(F)cc1C(N)=S. The Morgan fingerprint density at radius 2 is 2.26 bits per heavy atom. The number of thiocarbonyl (C=S) groups is 1. The summed E-state index contributed by atoms with van der Waals surface area (Å²) in [5.41, 5.74) is 7.32. The molecule has 1 heterocycles. The van der Waals surface area contributed by atoms with Crippen molar-refractivity contribution in [1.82, 2.24) is 4.90 Å². The lowest BCUT2D eigenvalue weighted by molar-refractivity contribution is 0.372. The van der Waals surface area contributed by atoms with Crippen LogP contribution in [0.3, 0.4) is 0 Å². The predicted octanol–water partition coefficient (Wildman–Crippen LogP) is 1.99. The van der Waals surface area contributed by atoms with E-state index in [1.807, 2.05) is 0 Å². The second kappa shape index (κ2) is 5.84. The van der Waals surface area contributed by atoms with E-state index in [0.29, 0.717) is 11.6 Å². The highest BCUT2D eigenvalue weighted by Gasteiger charge is 2.27. The van der Waals surface area contributed by atoms with Crippen LogP contribution in [-0.4, -0.2) is 43.1 Å². The van der Waals surface area contributed by atoms with Gasteiger partial charge in [0.05, 0.1) is 0 Å². The second-order valence-electron chi connectivity index (χ2n) is 5.28. The Morgan fingerprint density at radius 3 is 2.89 bits per heavy atom. The van der Waals surface area contributed by atoms with Crippen molar-refractivity contribution in [2.24, 2.45) is 5.73 Å². The van der Waals surface area contributed by atoms with Crippen LogP contribution in [0.1, 0.15) is 18.4 Å². The van der Waals surface area contributed by atoms with Gasteiger partial charge in [-0.3, -0.25) is 0 Å². The highest BCUT2D eigenvalue weighted by molar-refractivity contribution is 7.80. The maximum atomic E-state index is 13.4. The van der Waals surface area contributed by atoms with Crippen LogP contribution >= 0.6 is 12.2 Å². The van der Waals surface area contributed by atoms with Crippen molar-refractivity contribution in [1.29, 1.82) is 0 Å². The van der Waals surface area contributed by atoms with E-state index >= 15 is 0 Å². The van der Waals surface area contributed by atoms with Crippen LogP contribution in [0.15, 0.2) is 18.2 Å². The first kappa shape index (κ1) is 14.2. The number of benzene rings is 1. The van der Waals surface area contributed by atoms with E-state index in [-0.39, 0.29) is 10.8 Å². The number of likely N-dealkylation sites (N-methyl/N-ethyl adjacent to an activating group) is 1. The van der Waals surface area contributed by atoms with Crippen molar-refractivity contribution in [3.8, 4) is 0 Å². The van der Waals surface area contributed by atoms with Gasteiger partial charge in [0.15, 0.2) is 0 Å². The van der Waals surface area contributed by atoms with Crippen LogP contribution in [0, 0.1) is 5.82 Å². The molecule has 0 aromatic heterocycles. The number of halogens is 1. The summed E-state index contributed by atoms with van der Waals surface area (Å²) in [4.78, 5) is 4.73. The molecule has 0 radical (unpaired) electrons. The zero-order valence-electron chi connectivity index (χ0n) is 11.4. The summed E-state index contributed by atoms with van der Waals surface area (Å²) in [5, 5.41) is 0. The molecule has 19 heavy (non-hydrogen) atoms. The average molecular weight is 281 g/mol. The van der Waals surface area contributed by atoms with Gasteiger partial charge in [0.25, 0.3) is 0 Å². The minimum atomic E-state index is -0.296. The lowest BCUT2D eigenvalue weighted by atomic mass is 10.1. The van der Waals surface area contributed by atoms with Crippen LogP contribution in [0.2, 0.25) is 0 Å². The molecule has 0 aliphatic carbocycles. The largest absolute Gasteiger partial charge is 0.389 e. The summed E-state index contributed by atoms with van der Waals surface area (Å²) >= 11 is 5.05. The molecule has 2 rings (SSSR count). The van der Waals surface area contributed by atoms with Gasteiger partial charge in [-0.25, -0.2) is 4.39 Å². The van der Waals surface area contributed by atoms with Crippen LogP contribution in [0.25, 0.3) is 0 Å². The summed E-state index contributed by atoms with van der Waals surface area (Å²) in [6, 6.07) is 5.14. The van der Waals surface area contributed by atoms with Crippen LogP contribution in [0.4, 0.5) is 10.1 Å². The molecule has 1 saturated heterocycles. The normalized spacial score (nSPS) is 19.2. The fourth-order valence-electron chi connectivity index (χ4n) is 2.72. The van der Waals surface area contributed by atoms with Gasteiger partial charge in [0, 0.05) is 30.4 Å². The van der Waals surface area contributed by atoms with Gasteiger partial charge in [-0.05, 0) is 45.1 Å². The summed E-state index contributed by atoms with van der Waals surface area (Å²) in [5.74, 6) is -0.296. The molecule has 2 N–H and O–H groups in total. The van der Waals surface area contributed by atoms with Crippen molar-refractivity contribution < 1.29 is 4.39 Å². The molecule has 1 unspecified atom stereocenters. The standard InChI is InChI=1S/C14H20FN3S/c1-17(2)9-11-4-3-7-18(11)13-6-5-10(15)8-12(13)14(16)19/h5-6,8,11H,3-4,7,9H2,1-2H3,(H2,16,19). The Bertz CT molecular complexity index is 476. The fourth-order valence-corrected chi connectivity index (χ4v) is 2.88. The van der Waals surface area contributed by atoms with Gasteiger partial charge in [-0.1, -0.05) is 12.2 Å². The number of nitrogens with zero attached hydrogens (tertiary/aromatic N) is 2.